The molecule has 22 heavy (non-hydrogen) atoms. The number of anilines is 2. The van der Waals surface area contributed by atoms with E-state index >= 15 is 0 Å². The molecule has 2 aromatic rings. The van der Waals surface area contributed by atoms with Gasteiger partial charge >= 0.3 is 0 Å². The smallest absolute Gasteiger partial charge is 0.252 e. The van der Waals surface area contributed by atoms with Crippen molar-refractivity contribution >= 4 is 28.9 Å². The lowest BCUT2D eigenvalue weighted by molar-refractivity contribution is -0.120. The van der Waals surface area contributed by atoms with E-state index in [4.69, 9.17) is 16.7 Å². The Morgan fingerprint density at radius 1 is 1.55 bits per heavy atom. The Balaban J connectivity index is 1.92. The number of likely N-dealkylation sites (N-methyl/N-ethyl adjacent to an activating group) is 1. The number of nitrogens with zero attached hydrogens (tertiary/aromatic N) is 3. The fourth-order valence-corrected chi connectivity index (χ4v) is 2.99. The Bertz CT molecular complexity index is 687. The minimum Gasteiger partial charge on any atom is -0.387 e. The van der Waals surface area contributed by atoms with Gasteiger partial charge in [0.2, 0.25) is 0 Å². The minimum absolute atomic E-state index is 0.367. The van der Waals surface area contributed by atoms with E-state index in [-0.39, 0.29) is 5.91 Å². The van der Waals surface area contributed by atoms with Crippen molar-refractivity contribution in [2.24, 2.45) is 0 Å². The number of hydrogen-bond donors (Lipinski definition) is 2. The van der Waals surface area contributed by atoms with Crippen LogP contribution in [0.2, 0.25) is 5.02 Å². The average Bonchev–Trinajstić information content (AvgIpc) is 3.16. The first-order valence-electron chi connectivity index (χ1n) is 7.02. The molecule has 7 heteroatoms. The van der Waals surface area contributed by atoms with Crippen LogP contribution in [-0.4, -0.2) is 41.2 Å². The zero-order valence-electron chi connectivity index (χ0n) is 12.2. The third-order valence-corrected chi connectivity index (χ3v) is 4.28. The lowest BCUT2D eigenvalue weighted by atomic mass is 10.1. The van der Waals surface area contributed by atoms with E-state index in [1.165, 1.54) is 4.90 Å². The first-order chi connectivity index (χ1) is 10.6. The van der Waals surface area contributed by atoms with Crippen LogP contribution in [0, 0.1) is 0 Å². The van der Waals surface area contributed by atoms with E-state index in [1.54, 1.807) is 25.6 Å². The number of fused-ring (bicyclic) bond motifs is 1. The number of rotatable bonds is 4. The van der Waals surface area contributed by atoms with Crippen molar-refractivity contribution in [2.75, 3.05) is 30.0 Å². The summed E-state index contributed by atoms with van der Waals surface area (Å²) in [5.41, 5.74) is 3.82. The number of amides is 1. The van der Waals surface area contributed by atoms with Crippen molar-refractivity contribution in [3.05, 3.63) is 40.9 Å². The number of aliphatic hydroxyl groups is 1. The average molecular weight is 321 g/mol. The Morgan fingerprint density at radius 2 is 2.36 bits per heavy atom. The highest BCUT2D eigenvalue weighted by atomic mass is 35.5. The molecule has 0 radical (unpaired) electrons. The minimum atomic E-state index is -0.525. The number of H-pyrrole nitrogens is 1. The largest absolute Gasteiger partial charge is 0.387 e. The molecule has 0 bridgehead atoms. The summed E-state index contributed by atoms with van der Waals surface area (Å²) in [6.07, 6.45) is 4.33. The maximum absolute atomic E-state index is 11.7. The van der Waals surface area contributed by atoms with Crippen LogP contribution in [-0.2, 0) is 17.8 Å². The molecule has 0 saturated carbocycles. The lowest BCUT2D eigenvalue weighted by Crippen LogP contribution is -2.29. The molecule has 1 aliphatic heterocycles. The van der Waals surface area contributed by atoms with Gasteiger partial charge in [-0.25, -0.2) is 4.98 Å². The summed E-state index contributed by atoms with van der Waals surface area (Å²) in [6.45, 7) is 1.06. The fourth-order valence-electron chi connectivity index (χ4n) is 2.69. The van der Waals surface area contributed by atoms with Gasteiger partial charge < -0.3 is 19.9 Å². The molecule has 0 aliphatic carbocycles. The second-order valence-corrected chi connectivity index (χ2v) is 5.69. The maximum atomic E-state index is 11.7. The molecule has 116 valence electrons. The number of carbonyl (C=O) groups is 1. The zero-order valence-corrected chi connectivity index (χ0v) is 13.0. The Kier molecular flexibility index (Phi) is 4.04. The second kappa shape index (κ2) is 5.98. The molecule has 2 N–H and O–H groups in total. The Hall–Kier alpha value is -2.05. The normalized spacial score (nSPS) is 13.3. The monoisotopic (exact) mass is 320 g/mol. The van der Waals surface area contributed by atoms with Gasteiger partial charge in [0.05, 0.1) is 18.6 Å². The van der Waals surface area contributed by atoms with Gasteiger partial charge in [-0.3, -0.25) is 4.79 Å². The fraction of sp³-hybridized carbons (Fsp3) is 0.333. The summed E-state index contributed by atoms with van der Waals surface area (Å²) >= 11 is 6.37. The third kappa shape index (κ3) is 2.67. The first-order valence-corrected chi connectivity index (χ1v) is 7.40. The van der Waals surface area contributed by atoms with Crippen LogP contribution >= 0.6 is 11.6 Å². The summed E-state index contributed by atoms with van der Waals surface area (Å²) < 4.78 is 0. The van der Waals surface area contributed by atoms with Crippen molar-refractivity contribution in [2.45, 2.75) is 13.0 Å². The first kappa shape index (κ1) is 14.9. The van der Waals surface area contributed by atoms with E-state index in [2.05, 4.69) is 14.9 Å². The molecule has 0 unspecified atom stereocenters. The molecular formula is C15H17ClN4O2. The number of aromatic nitrogens is 2. The van der Waals surface area contributed by atoms with Gasteiger partial charge in [0.15, 0.2) is 0 Å². The van der Waals surface area contributed by atoms with Crippen LogP contribution < -0.4 is 9.80 Å². The van der Waals surface area contributed by atoms with Gasteiger partial charge in [-0.2, -0.15) is 0 Å². The second-order valence-electron chi connectivity index (χ2n) is 5.28. The molecule has 0 atom stereocenters. The number of aromatic amines is 1. The van der Waals surface area contributed by atoms with Gasteiger partial charge in [-0.05, 0) is 24.1 Å². The number of benzene rings is 1. The lowest BCUT2D eigenvalue weighted by Gasteiger charge is -2.22. The number of nitrogens with one attached hydrogen (secondary N) is 1. The molecule has 1 aliphatic rings. The number of imidazole rings is 1. The van der Waals surface area contributed by atoms with Crippen molar-refractivity contribution < 1.29 is 9.90 Å². The van der Waals surface area contributed by atoms with E-state index in [0.29, 0.717) is 17.3 Å². The number of carbonyl (C=O) groups excluding carboxylic acids is 1. The molecule has 3 rings (SSSR count). The van der Waals surface area contributed by atoms with Crippen LogP contribution in [0.4, 0.5) is 11.4 Å². The summed E-state index contributed by atoms with van der Waals surface area (Å²) in [6, 6.07) is 3.71. The van der Waals surface area contributed by atoms with Crippen molar-refractivity contribution in [3.63, 3.8) is 0 Å². The van der Waals surface area contributed by atoms with Gasteiger partial charge in [0.25, 0.3) is 5.91 Å². The molecule has 0 fully saturated rings. The molecule has 1 aromatic heterocycles. The standard InChI is InChI=1S/C15H17ClN4O2/c1-19(15(22)8-21)11-4-13(16)12-2-3-20(14(12)5-11)7-10-6-17-9-18-10/h4-6,9,21H,2-3,7-8H2,1H3,(H,17,18). The van der Waals surface area contributed by atoms with Crippen LogP contribution in [0.5, 0.6) is 0 Å². The Labute approximate surface area is 133 Å². The highest BCUT2D eigenvalue weighted by Gasteiger charge is 2.24. The SMILES string of the molecule is CN(C(=O)CO)c1cc(Cl)c2c(c1)N(Cc1cnc[nH]1)CC2. The van der Waals surface area contributed by atoms with Gasteiger partial charge in [0.1, 0.15) is 6.61 Å². The van der Waals surface area contributed by atoms with E-state index in [9.17, 15) is 4.79 Å². The quantitative estimate of drug-likeness (QED) is 0.897. The van der Waals surface area contributed by atoms with Crippen LogP contribution in [0.25, 0.3) is 0 Å². The Morgan fingerprint density at radius 3 is 3.05 bits per heavy atom. The van der Waals surface area contributed by atoms with Gasteiger partial charge in [0, 0.05) is 36.2 Å². The van der Waals surface area contributed by atoms with Crippen molar-refractivity contribution in [1.82, 2.24) is 9.97 Å². The summed E-state index contributed by atoms with van der Waals surface area (Å²) in [7, 11) is 1.63. The van der Waals surface area contributed by atoms with Crippen LogP contribution in [0.15, 0.2) is 24.7 Å². The zero-order chi connectivity index (χ0) is 15.7. The number of hydrogen-bond acceptors (Lipinski definition) is 4. The predicted molar refractivity (Wildman–Crippen MR) is 85.3 cm³/mol. The molecule has 2 heterocycles. The van der Waals surface area contributed by atoms with Crippen molar-refractivity contribution in [1.29, 1.82) is 0 Å². The maximum Gasteiger partial charge on any atom is 0.252 e. The molecule has 6 nitrogen and oxygen atoms in total. The highest BCUT2D eigenvalue weighted by molar-refractivity contribution is 6.32. The summed E-state index contributed by atoms with van der Waals surface area (Å²) in [5.74, 6) is -0.367. The van der Waals surface area contributed by atoms with E-state index in [1.807, 2.05) is 6.07 Å². The van der Waals surface area contributed by atoms with Crippen LogP contribution in [0.1, 0.15) is 11.3 Å². The number of aliphatic hydroxyl groups excluding tert-OH is 1. The van der Waals surface area contributed by atoms with Crippen LogP contribution in [0.3, 0.4) is 0 Å². The predicted octanol–water partition coefficient (Wildman–Crippen LogP) is 1.58. The van der Waals surface area contributed by atoms with Crippen molar-refractivity contribution in [3.8, 4) is 0 Å². The summed E-state index contributed by atoms with van der Waals surface area (Å²) in [4.78, 5) is 22.4. The molecule has 0 saturated heterocycles. The number of halogens is 1. The summed E-state index contributed by atoms with van der Waals surface area (Å²) in [5, 5.41) is 9.66. The molecule has 1 aromatic carbocycles. The van der Waals surface area contributed by atoms with E-state index in [0.717, 1.165) is 29.9 Å². The molecule has 0 spiro atoms. The van der Waals surface area contributed by atoms with Gasteiger partial charge in [-0.1, -0.05) is 11.6 Å². The molecular weight excluding hydrogens is 304 g/mol. The van der Waals surface area contributed by atoms with Gasteiger partial charge in [-0.15, -0.1) is 0 Å². The topological polar surface area (TPSA) is 72.5 Å². The third-order valence-electron chi connectivity index (χ3n) is 3.94. The molecule has 1 amide bonds. The highest BCUT2D eigenvalue weighted by Crippen LogP contribution is 2.38. The van der Waals surface area contributed by atoms with E-state index < -0.39 is 6.61 Å².